The molecule has 0 aliphatic carbocycles. The molecule has 3 N–H and O–H groups in total. The maximum atomic E-state index is 13.1. The Hall–Kier alpha value is -1.94. The van der Waals surface area contributed by atoms with E-state index in [2.05, 4.69) is 34.6 Å². The van der Waals surface area contributed by atoms with E-state index in [1.165, 1.54) is 218 Å². The molecule has 95 heavy (non-hydrogen) atoms. The fraction of sp³-hybridized carbons (Fsp3) is 0.947. The fourth-order valence-electron chi connectivity index (χ4n) is 11.7. The van der Waals surface area contributed by atoms with Gasteiger partial charge in [-0.3, -0.25) is 37.3 Å². The second-order valence-corrected chi connectivity index (χ2v) is 30.5. The van der Waals surface area contributed by atoms with Crippen LogP contribution in [0, 0.1) is 5.92 Å². The molecule has 19 heteroatoms. The number of aliphatic hydroxyl groups is 1. The minimum atomic E-state index is -4.96. The van der Waals surface area contributed by atoms with Gasteiger partial charge in [-0.2, -0.15) is 0 Å². The molecule has 564 valence electrons. The second-order valence-electron chi connectivity index (χ2n) is 27.6. The summed E-state index contributed by atoms with van der Waals surface area (Å²) in [7, 11) is -9.91. The molecule has 0 fully saturated rings. The topological polar surface area (TPSA) is 237 Å². The Balaban J connectivity index is 5.21. The fourth-order valence-corrected chi connectivity index (χ4v) is 13.3. The van der Waals surface area contributed by atoms with E-state index in [-0.39, 0.29) is 25.7 Å². The Morgan fingerprint density at radius 2 is 0.505 bits per heavy atom. The SMILES string of the molecule is CCCCCCCCCCCCCCCCCCCCCCC(=O)O[C@H](COC(=O)CCCCCCCCCCCCCCCC)COP(=O)(O)OC[C@@H](O)COP(=O)(O)OC[C@@H](COC(=O)CCCCCCCCC(C)CC)OC(=O)CCCCCCCCCCCCC. The average Bonchev–Trinajstić information content (AvgIpc) is 2.23. The lowest BCUT2D eigenvalue weighted by atomic mass is 10.00. The van der Waals surface area contributed by atoms with Gasteiger partial charge in [0, 0.05) is 25.7 Å². The number of esters is 4. The van der Waals surface area contributed by atoms with Crippen molar-refractivity contribution in [2.45, 2.75) is 419 Å². The smallest absolute Gasteiger partial charge is 0.462 e. The summed E-state index contributed by atoms with van der Waals surface area (Å²) in [5.41, 5.74) is 0. The van der Waals surface area contributed by atoms with Crippen LogP contribution < -0.4 is 0 Å². The number of rotatable bonds is 76. The first-order chi connectivity index (χ1) is 46.1. The summed E-state index contributed by atoms with van der Waals surface area (Å²) < 4.78 is 68.5. The van der Waals surface area contributed by atoms with E-state index >= 15 is 0 Å². The molecule has 0 heterocycles. The summed E-state index contributed by atoms with van der Waals surface area (Å²) in [4.78, 5) is 72.8. The number of aliphatic hydroxyl groups excluding tert-OH is 1. The van der Waals surface area contributed by atoms with Crippen LogP contribution in [-0.4, -0.2) is 96.7 Å². The van der Waals surface area contributed by atoms with Crippen LogP contribution in [0.5, 0.6) is 0 Å². The van der Waals surface area contributed by atoms with Gasteiger partial charge in [0.05, 0.1) is 26.4 Å². The van der Waals surface area contributed by atoms with E-state index in [9.17, 15) is 43.2 Å². The van der Waals surface area contributed by atoms with Crippen LogP contribution in [0.3, 0.4) is 0 Å². The standard InChI is InChI=1S/C76H148O17P2/c1-6-10-13-16-19-22-25-27-29-30-31-32-33-34-36-39-42-45-52-57-62-76(81)92-71(65-86-73(78)59-54-49-43-40-38-35-28-26-23-20-17-14-11-7-2)67-90-94(82,83)88-63-70(77)64-89-95(84,85)91-68-72(66-87-74(79)60-55-50-47-46-48-53-58-69(5)9-4)93-75(80)61-56-51-44-41-37-24-21-18-15-12-8-3/h69-72,77H,6-68H2,1-5H3,(H,82,83)(H,84,85)/t69?,70-,71-,72-/m1/s1. The Kier molecular flexibility index (Phi) is 67.7. The van der Waals surface area contributed by atoms with Gasteiger partial charge in [-0.1, -0.05) is 349 Å². The third kappa shape index (κ3) is 69.0. The van der Waals surface area contributed by atoms with E-state index in [1.54, 1.807) is 0 Å². The van der Waals surface area contributed by atoms with Gasteiger partial charge >= 0.3 is 39.5 Å². The first-order valence-corrected chi connectivity index (χ1v) is 42.7. The van der Waals surface area contributed by atoms with E-state index in [0.717, 1.165) is 102 Å². The molecule has 0 saturated heterocycles. The summed E-state index contributed by atoms with van der Waals surface area (Å²) >= 11 is 0. The normalized spacial score (nSPS) is 14.2. The monoisotopic (exact) mass is 1400 g/mol. The maximum absolute atomic E-state index is 13.1. The zero-order valence-electron chi connectivity index (χ0n) is 61.8. The van der Waals surface area contributed by atoms with Crippen molar-refractivity contribution in [3.8, 4) is 0 Å². The van der Waals surface area contributed by atoms with Gasteiger partial charge in [-0.15, -0.1) is 0 Å². The summed E-state index contributed by atoms with van der Waals surface area (Å²) in [6.07, 6.45) is 58.3. The minimum Gasteiger partial charge on any atom is -0.462 e. The van der Waals surface area contributed by atoms with Crippen LogP contribution in [0.15, 0.2) is 0 Å². The molecule has 0 aliphatic heterocycles. The van der Waals surface area contributed by atoms with E-state index in [4.69, 9.17) is 37.0 Å². The lowest BCUT2D eigenvalue weighted by Gasteiger charge is -2.21. The predicted molar refractivity (Wildman–Crippen MR) is 386 cm³/mol. The Morgan fingerprint density at radius 1 is 0.295 bits per heavy atom. The molecule has 0 spiro atoms. The first-order valence-electron chi connectivity index (χ1n) is 39.7. The molecule has 17 nitrogen and oxygen atoms in total. The highest BCUT2D eigenvalue weighted by Gasteiger charge is 2.30. The van der Waals surface area contributed by atoms with Crippen LogP contribution >= 0.6 is 15.6 Å². The maximum Gasteiger partial charge on any atom is 0.472 e. The first kappa shape index (κ1) is 93.1. The summed E-state index contributed by atoms with van der Waals surface area (Å²) in [5, 5.41) is 10.6. The zero-order valence-corrected chi connectivity index (χ0v) is 63.6. The number of hydrogen-bond donors (Lipinski definition) is 3. The molecule has 0 aromatic heterocycles. The molecule has 0 rings (SSSR count). The Bertz CT molecular complexity index is 1820. The quantitative estimate of drug-likeness (QED) is 0.0222. The van der Waals surface area contributed by atoms with Crippen molar-refractivity contribution in [2.24, 2.45) is 5.92 Å². The summed E-state index contributed by atoms with van der Waals surface area (Å²) in [6.45, 7) is 7.25. The van der Waals surface area contributed by atoms with Crippen molar-refractivity contribution >= 4 is 39.5 Å². The summed E-state index contributed by atoms with van der Waals surface area (Å²) in [6, 6.07) is 0. The average molecular weight is 1400 g/mol. The zero-order chi connectivity index (χ0) is 69.8. The largest absolute Gasteiger partial charge is 0.472 e. The van der Waals surface area contributed by atoms with Gasteiger partial charge in [0.15, 0.2) is 12.2 Å². The number of unbranched alkanes of at least 4 members (excludes halogenated alkanes) is 47. The molecule has 0 aliphatic rings. The van der Waals surface area contributed by atoms with Crippen LogP contribution in [-0.2, 0) is 65.4 Å². The van der Waals surface area contributed by atoms with Crippen molar-refractivity contribution < 1.29 is 80.2 Å². The number of phosphoric acid groups is 2. The molecular formula is C76H148O17P2. The molecular weight excluding hydrogens is 1250 g/mol. The molecule has 0 aromatic rings. The van der Waals surface area contributed by atoms with E-state index in [1.807, 2.05) is 0 Å². The molecule has 0 amide bonds. The third-order valence-electron chi connectivity index (χ3n) is 18.1. The van der Waals surface area contributed by atoms with Crippen LogP contribution in [0.25, 0.3) is 0 Å². The van der Waals surface area contributed by atoms with Gasteiger partial charge in [-0.05, 0) is 31.6 Å². The molecule has 0 aromatic carbocycles. The molecule has 6 atom stereocenters. The van der Waals surface area contributed by atoms with Crippen molar-refractivity contribution in [2.75, 3.05) is 39.6 Å². The summed E-state index contributed by atoms with van der Waals surface area (Å²) in [5.74, 6) is -1.38. The van der Waals surface area contributed by atoms with Gasteiger partial charge in [0.25, 0.3) is 0 Å². The lowest BCUT2D eigenvalue weighted by molar-refractivity contribution is -0.161. The van der Waals surface area contributed by atoms with Gasteiger partial charge in [-0.25, -0.2) is 9.13 Å². The number of carbonyl (C=O) groups is 4. The number of ether oxygens (including phenoxy) is 4. The highest BCUT2D eigenvalue weighted by atomic mass is 31.2. The van der Waals surface area contributed by atoms with Crippen molar-refractivity contribution in [3.05, 3.63) is 0 Å². The third-order valence-corrected chi connectivity index (χ3v) is 20.0. The Morgan fingerprint density at radius 3 is 0.747 bits per heavy atom. The van der Waals surface area contributed by atoms with Crippen LogP contribution in [0.1, 0.15) is 401 Å². The van der Waals surface area contributed by atoms with Crippen molar-refractivity contribution in [1.82, 2.24) is 0 Å². The molecule has 3 unspecified atom stereocenters. The van der Waals surface area contributed by atoms with Crippen molar-refractivity contribution in [3.63, 3.8) is 0 Å². The van der Waals surface area contributed by atoms with Gasteiger partial charge < -0.3 is 33.8 Å². The van der Waals surface area contributed by atoms with Crippen LogP contribution in [0.2, 0.25) is 0 Å². The van der Waals surface area contributed by atoms with Crippen LogP contribution in [0.4, 0.5) is 0 Å². The van der Waals surface area contributed by atoms with Gasteiger partial charge in [0.1, 0.15) is 19.3 Å². The van der Waals surface area contributed by atoms with E-state index < -0.39 is 97.5 Å². The van der Waals surface area contributed by atoms with Crippen molar-refractivity contribution in [1.29, 1.82) is 0 Å². The highest BCUT2D eigenvalue weighted by Crippen LogP contribution is 2.45. The minimum absolute atomic E-state index is 0.106. The number of carbonyl (C=O) groups excluding carboxylic acids is 4. The lowest BCUT2D eigenvalue weighted by Crippen LogP contribution is -2.30. The highest BCUT2D eigenvalue weighted by molar-refractivity contribution is 7.47. The number of hydrogen-bond acceptors (Lipinski definition) is 15. The molecule has 0 radical (unpaired) electrons. The second kappa shape index (κ2) is 69.2. The molecule has 0 bridgehead atoms. The number of phosphoric ester groups is 2. The Labute approximate surface area is 581 Å². The van der Waals surface area contributed by atoms with Gasteiger partial charge in [0.2, 0.25) is 0 Å². The molecule has 0 saturated carbocycles. The van der Waals surface area contributed by atoms with E-state index in [0.29, 0.717) is 25.7 Å². The predicted octanol–water partition coefficient (Wildman–Crippen LogP) is 22.5.